The van der Waals surface area contributed by atoms with Crippen LogP contribution in [0.1, 0.15) is 48.5 Å². The van der Waals surface area contributed by atoms with Crippen LogP contribution in [-0.2, 0) is 9.53 Å². The third-order valence-corrected chi connectivity index (χ3v) is 7.44. The van der Waals surface area contributed by atoms with E-state index in [2.05, 4.69) is 4.74 Å². The first kappa shape index (κ1) is 26.0. The number of alkyl halides is 3. The average Bonchev–Trinajstić information content (AvgIpc) is 2.83. The van der Waals surface area contributed by atoms with Crippen molar-refractivity contribution in [3.8, 4) is 16.9 Å². The van der Waals surface area contributed by atoms with Gasteiger partial charge in [-0.3, -0.25) is 9.59 Å². The molecule has 2 fully saturated rings. The average molecular weight is 505 g/mol. The number of carbonyl (C=O) groups excluding carboxylic acids is 2. The number of benzene rings is 2. The lowest BCUT2D eigenvalue weighted by molar-refractivity contribution is -0.274. The monoisotopic (exact) mass is 504 g/mol. The van der Waals surface area contributed by atoms with Crippen molar-refractivity contribution in [2.24, 2.45) is 0 Å². The zero-order valence-corrected chi connectivity index (χ0v) is 20.7. The van der Waals surface area contributed by atoms with E-state index in [-0.39, 0.29) is 29.2 Å². The van der Waals surface area contributed by atoms with Crippen molar-refractivity contribution in [2.45, 2.75) is 57.5 Å². The van der Waals surface area contributed by atoms with Crippen LogP contribution in [0.2, 0.25) is 0 Å². The summed E-state index contributed by atoms with van der Waals surface area (Å²) in [5.74, 6) is -0.322. The van der Waals surface area contributed by atoms with Gasteiger partial charge in [0, 0.05) is 45.3 Å². The standard InChI is InChI=1S/C27H31F3N2O4/c1-18-23(20-7-9-22(10-8-20)36-27(28,29)30)5-4-6-24(18)25(34)32-14-12-26(13-15-32)17-21(11-16-35-26)31(3)19(2)33/h4-10,21H,11-17H2,1-3H3. The molecular weight excluding hydrogens is 473 g/mol. The first-order valence-electron chi connectivity index (χ1n) is 12.1. The van der Waals surface area contributed by atoms with Gasteiger partial charge in [0.1, 0.15) is 5.75 Å². The topological polar surface area (TPSA) is 59.1 Å². The lowest BCUT2D eigenvalue weighted by Crippen LogP contribution is -2.54. The van der Waals surface area contributed by atoms with E-state index < -0.39 is 6.36 Å². The number of hydrogen-bond acceptors (Lipinski definition) is 4. The summed E-state index contributed by atoms with van der Waals surface area (Å²) in [7, 11) is 1.83. The SMILES string of the molecule is CC(=O)N(C)C1CCOC2(CCN(C(=O)c3cccc(-c4ccc(OC(F)(F)F)cc4)c3C)CC2)C1. The van der Waals surface area contributed by atoms with E-state index in [1.165, 1.54) is 12.1 Å². The van der Waals surface area contributed by atoms with Gasteiger partial charge in [0.15, 0.2) is 0 Å². The highest BCUT2D eigenvalue weighted by Crippen LogP contribution is 2.37. The second-order valence-corrected chi connectivity index (χ2v) is 9.65. The van der Waals surface area contributed by atoms with Crippen LogP contribution in [0, 0.1) is 6.92 Å². The lowest BCUT2D eigenvalue weighted by Gasteiger charge is -2.47. The number of ether oxygens (including phenoxy) is 2. The fraction of sp³-hybridized carbons (Fsp3) is 0.481. The van der Waals surface area contributed by atoms with Crippen LogP contribution in [0.15, 0.2) is 42.5 Å². The molecule has 194 valence electrons. The van der Waals surface area contributed by atoms with Crippen molar-refractivity contribution < 1.29 is 32.2 Å². The zero-order valence-electron chi connectivity index (χ0n) is 20.7. The molecule has 36 heavy (non-hydrogen) atoms. The van der Waals surface area contributed by atoms with Crippen molar-refractivity contribution in [1.82, 2.24) is 9.80 Å². The first-order chi connectivity index (χ1) is 17.0. The maximum atomic E-state index is 13.4. The molecule has 2 aromatic rings. The van der Waals surface area contributed by atoms with Crippen molar-refractivity contribution in [1.29, 1.82) is 0 Å². The van der Waals surface area contributed by atoms with Crippen LogP contribution < -0.4 is 4.74 Å². The van der Waals surface area contributed by atoms with Gasteiger partial charge in [-0.15, -0.1) is 13.2 Å². The summed E-state index contributed by atoms with van der Waals surface area (Å²) >= 11 is 0. The van der Waals surface area contributed by atoms with Gasteiger partial charge in [-0.1, -0.05) is 24.3 Å². The van der Waals surface area contributed by atoms with Gasteiger partial charge in [0.25, 0.3) is 5.91 Å². The Morgan fingerprint density at radius 1 is 1.11 bits per heavy atom. The molecule has 2 amide bonds. The maximum absolute atomic E-state index is 13.4. The van der Waals surface area contributed by atoms with Crippen molar-refractivity contribution in [2.75, 3.05) is 26.7 Å². The smallest absolute Gasteiger partial charge is 0.406 e. The number of piperidine rings is 1. The minimum atomic E-state index is -4.75. The Morgan fingerprint density at radius 3 is 2.39 bits per heavy atom. The molecule has 4 rings (SSSR count). The molecule has 2 saturated heterocycles. The quantitative estimate of drug-likeness (QED) is 0.575. The molecule has 1 unspecified atom stereocenters. The Bertz CT molecular complexity index is 1110. The highest BCUT2D eigenvalue weighted by molar-refractivity contribution is 5.97. The predicted octanol–water partition coefficient (Wildman–Crippen LogP) is 5.19. The Balaban J connectivity index is 1.45. The van der Waals surface area contributed by atoms with E-state index in [4.69, 9.17) is 4.74 Å². The van der Waals surface area contributed by atoms with E-state index in [0.717, 1.165) is 24.0 Å². The summed E-state index contributed by atoms with van der Waals surface area (Å²) in [4.78, 5) is 28.9. The van der Waals surface area contributed by atoms with Crippen molar-refractivity contribution >= 4 is 11.8 Å². The molecule has 6 nitrogen and oxygen atoms in total. The number of likely N-dealkylation sites (tertiary alicyclic amines) is 1. The number of carbonyl (C=O) groups is 2. The van der Waals surface area contributed by atoms with E-state index in [1.54, 1.807) is 36.1 Å². The van der Waals surface area contributed by atoms with Crippen LogP contribution >= 0.6 is 0 Å². The molecule has 9 heteroatoms. The predicted molar refractivity (Wildman–Crippen MR) is 129 cm³/mol. The molecule has 0 radical (unpaired) electrons. The van der Waals surface area contributed by atoms with Gasteiger partial charge >= 0.3 is 6.36 Å². The van der Waals surface area contributed by atoms with Crippen LogP contribution in [-0.4, -0.2) is 66.4 Å². The number of amides is 2. The summed E-state index contributed by atoms with van der Waals surface area (Å²) in [6, 6.07) is 11.2. The van der Waals surface area contributed by atoms with Crippen molar-refractivity contribution in [3.63, 3.8) is 0 Å². The van der Waals surface area contributed by atoms with E-state index in [1.807, 2.05) is 24.9 Å². The number of hydrogen-bond donors (Lipinski definition) is 0. The summed E-state index contributed by atoms with van der Waals surface area (Å²) < 4.78 is 47.5. The zero-order chi connectivity index (χ0) is 26.1. The molecule has 0 saturated carbocycles. The number of nitrogens with zero attached hydrogens (tertiary/aromatic N) is 2. The molecule has 1 atom stereocenters. The number of halogens is 3. The van der Waals surface area contributed by atoms with E-state index >= 15 is 0 Å². The Kier molecular flexibility index (Phi) is 7.31. The summed E-state index contributed by atoms with van der Waals surface area (Å²) in [5, 5.41) is 0. The van der Waals surface area contributed by atoms with E-state index in [9.17, 15) is 22.8 Å². The Morgan fingerprint density at radius 2 is 1.78 bits per heavy atom. The molecule has 2 aromatic carbocycles. The fourth-order valence-electron chi connectivity index (χ4n) is 5.24. The van der Waals surface area contributed by atoms with Gasteiger partial charge in [-0.2, -0.15) is 0 Å². The summed E-state index contributed by atoms with van der Waals surface area (Å²) in [5.41, 5.74) is 2.49. The van der Waals surface area contributed by atoms with Crippen LogP contribution in [0.5, 0.6) is 5.75 Å². The number of rotatable bonds is 4. The van der Waals surface area contributed by atoms with Crippen molar-refractivity contribution in [3.05, 3.63) is 53.6 Å². The minimum Gasteiger partial charge on any atom is -0.406 e. The fourth-order valence-corrected chi connectivity index (χ4v) is 5.24. The van der Waals surface area contributed by atoms with Gasteiger partial charge < -0.3 is 19.3 Å². The van der Waals surface area contributed by atoms with Gasteiger partial charge in [-0.25, -0.2) is 0 Å². The normalized spacial score (nSPS) is 19.7. The largest absolute Gasteiger partial charge is 0.573 e. The molecule has 0 N–H and O–H groups in total. The molecule has 0 aliphatic carbocycles. The summed E-state index contributed by atoms with van der Waals surface area (Å²) in [6.07, 6.45) is -1.74. The molecule has 0 aromatic heterocycles. The third kappa shape index (κ3) is 5.67. The van der Waals surface area contributed by atoms with Crippen LogP contribution in [0.25, 0.3) is 11.1 Å². The molecule has 1 spiro atoms. The molecule has 0 bridgehead atoms. The van der Waals surface area contributed by atoms with Crippen LogP contribution in [0.4, 0.5) is 13.2 Å². The third-order valence-electron chi connectivity index (χ3n) is 7.44. The lowest BCUT2D eigenvalue weighted by atomic mass is 9.81. The second-order valence-electron chi connectivity index (χ2n) is 9.65. The molecular formula is C27H31F3N2O4. The van der Waals surface area contributed by atoms with Gasteiger partial charge in [0.05, 0.1) is 5.60 Å². The van der Waals surface area contributed by atoms with Crippen LogP contribution in [0.3, 0.4) is 0 Å². The molecule has 2 heterocycles. The van der Waals surface area contributed by atoms with E-state index in [0.29, 0.717) is 43.7 Å². The first-order valence-corrected chi connectivity index (χ1v) is 12.1. The molecule has 2 aliphatic heterocycles. The second kappa shape index (κ2) is 10.1. The summed E-state index contributed by atoms with van der Waals surface area (Å²) in [6.45, 7) is 5.14. The van der Waals surface area contributed by atoms with Gasteiger partial charge in [-0.05, 0) is 67.5 Å². The van der Waals surface area contributed by atoms with Gasteiger partial charge in [0.2, 0.25) is 5.91 Å². The highest BCUT2D eigenvalue weighted by Gasteiger charge is 2.42. The Hall–Kier alpha value is -3.07. The maximum Gasteiger partial charge on any atom is 0.573 e. The Labute approximate surface area is 209 Å². The molecule has 2 aliphatic rings. The highest BCUT2D eigenvalue weighted by atomic mass is 19.4. The minimum absolute atomic E-state index is 0.0440.